The number of carbonyl (C=O) groups is 1. The number of methoxy groups -OCH3 is 1. The number of thioether (sulfide) groups is 1. The lowest BCUT2D eigenvalue weighted by molar-refractivity contribution is 0.102. The molecule has 2 rings (SSSR count). The molecule has 3 N–H and O–H groups in total. The van der Waals surface area contributed by atoms with Crippen LogP contribution < -0.4 is 15.8 Å². The van der Waals surface area contributed by atoms with Crippen LogP contribution in [0.1, 0.15) is 35.5 Å². The van der Waals surface area contributed by atoms with Crippen LogP contribution in [0.5, 0.6) is 5.75 Å². The molecule has 1 heterocycles. The number of ether oxygens (including phenoxy) is 2. The molecule has 0 saturated carbocycles. The van der Waals surface area contributed by atoms with Gasteiger partial charge in [0.05, 0.1) is 12.8 Å². The molecule has 1 aromatic carbocycles. The molecule has 1 amide bonds. The van der Waals surface area contributed by atoms with E-state index < -0.39 is 28.4 Å². The summed E-state index contributed by atoms with van der Waals surface area (Å²) in [6, 6.07) is 3.92. The van der Waals surface area contributed by atoms with Gasteiger partial charge in [-0.2, -0.15) is 0 Å². The summed E-state index contributed by atoms with van der Waals surface area (Å²) in [5.41, 5.74) is 6.62. The normalized spacial score (nSPS) is 14.1. The first-order valence-electron chi connectivity index (χ1n) is 10.3. The minimum absolute atomic E-state index is 0.0583. The number of aromatic nitrogens is 1. The predicted octanol–water partition coefficient (Wildman–Crippen LogP) is 3.95. The van der Waals surface area contributed by atoms with Crippen molar-refractivity contribution in [1.82, 2.24) is 4.98 Å². The van der Waals surface area contributed by atoms with Crippen LogP contribution in [-0.4, -0.2) is 47.7 Å². The van der Waals surface area contributed by atoms with Gasteiger partial charge in [0.25, 0.3) is 5.91 Å². The highest BCUT2D eigenvalue weighted by Crippen LogP contribution is 2.32. The third kappa shape index (κ3) is 7.17. The Morgan fingerprint density at radius 1 is 1.41 bits per heavy atom. The minimum atomic E-state index is -1.09. The zero-order valence-corrected chi connectivity index (χ0v) is 20.6. The molecule has 34 heavy (non-hydrogen) atoms. The molecule has 2 aromatic rings. The van der Waals surface area contributed by atoms with E-state index >= 15 is 0 Å². The van der Waals surface area contributed by atoms with Gasteiger partial charge in [0, 0.05) is 30.7 Å². The summed E-state index contributed by atoms with van der Waals surface area (Å²) in [7, 11) is 3.04. The Balaban J connectivity index is 2.29. The Labute approximate surface area is 202 Å². The Hall–Kier alpha value is -3.16. The van der Waals surface area contributed by atoms with E-state index in [4.69, 9.17) is 21.6 Å². The number of nitrogens with two attached hydrogens (primary N) is 1. The number of nitrogens with one attached hydrogen (secondary N) is 1. The molecular weight excluding hydrogens is 462 g/mol. The van der Waals surface area contributed by atoms with Crippen molar-refractivity contribution in [3.05, 3.63) is 52.9 Å². The first kappa shape index (κ1) is 27.1. The molecule has 0 unspecified atom stereocenters. The van der Waals surface area contributed by atoms with Crippen molar-refractivity contribution < 1.29 is 23.0 Å². The first-order valence-corrected chi connectivity index (χ1v) is 11.1. The van der Waals surface area contributed by atoms with Gasteiger partial charge in [-0.05, 0) is 50.5 Å². The topological polar surface area (TPSA) is 98.8 Å². The Morgan fingerprint density at radius 2 is 2.12 bits per heavy atom. The second-order valence-electron chi connectivity index (χ2n) is 7.87. The van der Waals surface area contributed by atoms with Gasteiger partial charge in [-0.15, -0.1) is 6.42 Å². The van der Waals surface area contributed by atoms with Gasteiger partial charge < -0.3 is 20.5 Å². The zero-order chi connectivity index (χ0) is 25.5. The van der Waals surface area contributed by atoms with Crippen LogP contribution in [0.15, 0.2) is 29.4 Å². The number of aliphatic imine (C=N–C) groups is 1. The van der Waals surface area contributed by atoms with Crippen LogP contribution in [0, 0.1) is 30.9 Å². The quantitative estimate of drug-likeness (QED) is 0.314. The lowest BCUT2D eigenvalue weighted by Gasteiger charge is -2.28. The number of amides is 1. The van der Waals surface area contributed by atoms with Crippen molar-refractivity contribution in [3.8, 4) is 18.1 Å². The maximum Gasteiger partial charge on any atom is 0.274 e. The first-order chi connectivity index (χ1) is 16.0. The monoisotopic (exact) mass is 490 g/mol. The lowest BCUT2D eigenvalue weighted by Crippen LogP contribution is -2.33. The van der Waals surface area contributed by atoms with Crippen LogP contribution in [0.2, 0.25) is 0 Å². The van der Waals surface area contributed by atoms with Crippen molar-refractivity contribution in [2.24, 2.45) is 10.7 Å². The van der Waals surface area contributed by atoms with E-state index in [-0.39, 0.29) is 35.1 Å². The number of amidine groups is 1. The Bertz CT molecular complexity index is 1120. The van der Waals surface area contributed by atoms with Crippen LogP contribution in [-0.2, 0) is 11.2 Å². The molecule has 7 nitrogen and oxygen atoms in total. The van der Waals surface area contributed by atoms with Gasteiger partial charge in [-0.25, -0.2) is 13.8 Å². The molecule has 0 radical (unpaired) electrons. The van der Waals surface area contributed by atoms with Crippen LogP contribution in [0.3, 0.4) is 0 Å². The van der Waals surface area contributed by atoms with Crippen molar-refractivity contribution in [3.63, 3.8) is 0 Å². The van der Waals surface area contributed by atoms with Crippen LogP contribution in [0.4, 0.5) is 14.5 Å². The summed E-state index contributed by atoms with van der Waals surface area (Å²) in [5.74, 6) is 0.173. The van der Waals surface area contributed by atoms with Gasteiger partial charge in [-0.1, -0.05) is 17.7 Å². The van der Waals surface area contributed by atoms with Crippen LogP contribution in [0.25, 0.3) is 0 Å². The molecule has 0 aliphatic rings. The number of halogens is 2. The van der Waals surface area contributed by atoms with Crippen LogP contribution >= 0.6 is 11.8 Å². The molecule has 0 bridgehead atoms. The van der Waals surface area contributed by atoms with E-state index in [1.165, 1.54) is 38.2 Å². The highest BCUT2D eigenvalue weighted by atomic mass is 32.2. The average Bonchev–Trinajstić information content (AvgIpc) is 2.76. The second kappa shape index (κ2) is 11.8. The maximum absolute atomic E-state index is 14.6. The molecule has 0 saturated heterocycles. The van der Waals surface area contributed by atoms with Gasteiger partial charge in [0.15, 0.2) is 22.9 Å². The van der Waals surface area contributed by atoms with Gasteiger partial charge in [0.1, 0.15) is 11.4 Å². The highest BCUT2D eigenvalue weighted by Gasteiger charge is 2.30. The number of rotatable bonds is 9. The van der Waals surface area contributed by atoms with Crippen molar-refractivity contribution in [2.45, 2.75) is 38.0 Å². The number of nitrogens with zero attached hydrogens (tertiary/aromatic N) is 2. The Kier molecular flexibility index (Phi) is 9.41. The molecule has 1 aromatic heterocycles. The summed E-state index contributed by atoms with van der Waals surface area (Å²) in [5, 5.41) is 2.87. The fourth-order valence-corrected chi connectivity index (χ4v) is 4.25. The molecular formula is C24H28F2N4O3S. The van der Waals surface area contributed by atoms with Crippen molar-refractivity contribution in [2.75, 3.05) is 26.1 Å². The number of carbonyl (C=O) groups excluding carboxylic acids is 1. The van der Waals surface area contributed by atoms with E-state index in [0.29, 0.717) is 11.3 Å². The van der Waals surface area contributed by atoms with E-state index in [2.05, 4.69) is 21.2 Å². The van der Waals surface area contributed by atoms with Gasteiger partial charge in [0.2, 0.25) is 0 Å². The van der Waals surface area contributed by atoms with Gasteiger partial charge in [-0.3, -0.25) is 9.79 Å². The SMILES string of the molecule is C#C[C@H](C)Oc1cnc(C(=O)Nc2cc(F)c(F)c(C[C@](C)(COC)S/C(N)=N\C)c2)c(C)c1. The van der Waals surface area contributed by atoms with E-state index in [1.54, 1.807) is 26.8 Å². The minimum Gasteiger partial charge on any atom is -0.476 e. The number of benzene rings is 1. The number of pyridine rings is 1. The van der Waals surface area contributed by atoms with E-state index in [9.17, 15) is 13.6 Å². The van der Waals surface area contributed by atoms with E-state index in [0.717, 1.165) is 6.07 Å². The molecule has 0 aliphatic heterocycles. The summed E-state index contributed by atoms with van der Waals surface area (Å²) in [6.45, 7) is 5.40. The molecule has 0 aliphatic carbocycles. The largest absolute Gasteiger partial charge is 0.476 e. The molecule has 0 spiro atoms. The lowest BCUT2D eigenvalue weighted by atomic mass is 9.99. The fourth-order valence-electron chi connectivity index (χ4n) is 3.25. The summed E-state index contributed by atoms with van der Waals surface area (Å²) in [4.78, 5) is 20.8. The number of terminal acetylenes is 1. The highest BCUT2D eigenvalue weighted by molar-refractivity contribution is 8.15. The number of anilines is 1. The van der Waals surface area contributed by atoms with Crippen molar-refractivity contribution >= 4 is 28.5 Å². The standard InChI is InChI=1S/C24H28F2N4O3S/c1-7-15(3)33-18-8-14(2)21(29-12-18)22(31)30-17-9-16(20(26)19(25)10-17)11-24(4,13-32-6)34-23(27)28-5/h1,8-10,12,15H,11,13H2,2-6H3,(H2,27,28)(H,30,31)/t15-,24+/m0/s1. The third-order valence-electron chi connectivity index (χ3n) is 4.76. The van der Waals surface area contributed by atoms with Crippen molar-refractivity contribution in [1.29, 1.82) is 0 Å². The van der Waals surface area contributed by atoms with E-state index in [1.807, 2.05) is 0 Å². The number of hydrogen-bond acceptors (Lipinski definition) is 6. The third-order valence-corrected chi connectivity index (χ3v) is 5.91. The number of hydrogen-bond donors (Lipinski definition) is 2. The summed E-state index contributed by atoms with van der Waals surface area (Å²) in [6.07, 6.45) is 6.30. The summed E-state index contributed by atoms with van der Waals surface area (Å²) >= 11 is 1.20. The Morgan fingerprint density at radius 3 is 2.71 bits per heavy atom. The molecule has 10 heteroatoms. The van der Waals surface area contributed by atoms with Gasteiger partial charge >= 0.3 is 0 Å². The number of aryl methyl sites for hydroxylation is 1. The predicted molar refractivity (Wildman–Crippen MR) is 131 cm³/mol. The molecule has 0 fully saturated rings. The average molecular weight is 491 g/mol. The zero-order valence-electron chi connectivity index (χ0n) is 19.7. The summed E-state index contributed by atoms with van der Waals surface area (Å²) < 4.78 is 39.1. The molecule has 182 valence electrons. The molecule has 2 atom stereocenters. The fraction of sp³-hybridized carbons (Fsp3) is 0.375. The maximum atomic E-state index is 14.6. The smallest absolute Gasteiger partial charge is 0.274 e. The second-order valence-corrected chi connectivity index (χ2v) is 9.48.